The van der Waals surface area contributed by atoms with Gasteiger partial charge < -0.3 is 20.3 Å². The fraction of sp³-hybridized carbons (Fsp3) is 0.412. The van der Waals surface area contributed by atoms with E-state index in [1.807, 2.05) is 11.8 Å². The zero-order chi connectivity index (χ0) is 18.5. The number of rotatable bonds is 7. The molecule has 0 radical (unpaired) electrons. The van der Waals surface area contributed by atoms with E-state index in [2.05, 4.69) is 20.8 Å². The van der Waals surface area contributed by atoms with Crippen molar-refractivity contribution in [2.24, 2.45) is 0 Å². The van der Waals surface area contributed by atoms with Crippen LogP contribution in [-0.2, 0) is 4.79 Å². The first-order chi connectivity index (χ1) is 12.5. The van der Waals surface area contributed by atoms with Gasteiger partial charge in [-0.1, -0.05) is 12.1 Å². The third-order valence-corrected chi connectivity index (χ3v) is 4.47. The van der Waals surface area contributed by atoms with Crippen LogP contribution in [0.25, 0.3) is 11.4 Å². The minimum Gasteiger partial charge on any atom is -0.480 e. The SMILES string of the molecule is CCN(CC(=O)O)C1CC(NC(=O)Nc2ccc(-c3ncon3)cc2)C1. The number of anilines is 1. The Bertz CT molecular complexity index is 741. The van der Waals surface area contributed by atoms with Crippen LogP contribution in [0.1, 0.15) is 19.8 Å². The molecule has 1 aromatic carbocycles. The average molecular weight is 359 g/mol. The quantitative estimate of drug-likeness (QED) is 0.689. The first kappa shape index (κ1) is 17.9. The Kier molecular flexibility index (Phi) is 5.47. The number of likely N-dealkylation sites (N-methyl/N-ethyl adjacent to an activating group) is 1. The van der Waals surface area contributed by atoms with Crippen LogP contribution in [0.15, 0.2) is 35.2 Å². The van der Waals surface area contributed by atoms with Crippen molar-refractivity contribution in [3.63, 3.8) is 0 Å². The lowest BCUT2D eigenvalue weighted by molar-refractivity contribution is -0.139. The first-order valence-electron chi connectivity index (χ1n) is 8.45. The van der Waals surface area contributed by atoms with E-state index in [-0.39, 0.29) is 24.7 Å². The van der Waals surface area contributed by atoms with Gasteiger partial charge in [-0.15, -0.1) is 0 Å². The fourth-order valence-electron chi connectivity index (χ4n) is 3.03. The molecule has 1 aromatic heterocycles. The van der Waals surface area contributed by atoms with Gasteiger partial charge in [-0.3, -0.25) is 9.69 Å². The van der Waals surface area contributed by atoms with E-state index in [0.717, 1.165) is 18.4 Å². The molecule has 0 saturated heterocycles. The summed E-state index contributed by atoms with van der Waals surface area (Å²) in [6.45, 7) is 2.66. The van der Waals surface area contributed by atoms with Gasteiger partial charge in [0.2, 0.25) is 12.2 Å². The molecule has 9 heteroatoms. The lowest BCUT2D eigenvalue weighted by atomic mass is 9.85. The molecule has 3 rings (SSSR count). The predicted molar refractivity (Wildman–Crippen MR) is 93.6 cm³/mol. The minimum atomic E-state index is -0.828. The molecule has 1 aliphatic rings. The van der Waals surface area contributed by atoms with Crippen LogP contribution in [0.3, 0.4) is 0 Å². The normalized spacial score (nSPS) is 19.0. The number of nitrogens with one attached hydrogen (secondary N) is 2. The van der Waals surface area contributed by atoms with Gasteiger partial charge in [0.25, 0.3) is 0 Å². The van der Waals surface area contributed by atoms with Crippen molar-refractivity contribution in [2.45, 2.75) is 31.8 Å². The molecule has 0 bridgehead atoms. The Hall–Kier alpha value is -2.94. The van der Waals surface area contributed by atoms with Crippen molar-refractivity contribution in [1.82, 2.24) is 20.4 Å². The molecule has 138 valence electrons. The number of carboxylic acid groups (broad SMARTS) is 1. The molecular weight excluding hydrogens is 338 g/mol. The van der Waals surface area contributed by atoms with Crippen LogP contribution in [-0.4, -0.2) is 57.3 Å². The number of amides is 2. The van der Waals surface area contributed by atoms with Gasteiger partial charge in [0.1, 0.15) is 0 Å². The molecule has 1 saturated carbocycles. The van der Waals surface area contributed by atoms with Crippen molar-refractivity contribution in [2.75, 3.05) is 18.4 Å². The number of aliphatic carboxylic acids is 1. The molecule has 0 spiro atoms. The number of carboxylic acids is 1. The zero-order valence-electron chi connectivity index (χ0n) is 14.4. The summed E-state index contributed by atoms with van der Waals surface area (Å²) in [6.07, 6.45) is 2.77. The topological polar surface area (TPSA) is 121 Å². The lowest BCUT2D eigenvalue weighted by Gasteiger charge is -2.42. The number of urea groups is 1. The zero-order valence-corrected chi connectivity index (χ0v) is 14.4. The Morgan fingerprint density at radius 3 is 2.62 bits per heavy atom. The van der Waals surface area contributed by atoms with Crippen LogP contribution >= 0.6 is 0 Å². The molecule has 0 unspecified atom stereocenters. The molecule has 2 amide bonds. The highest BCUT2D eigenvalue weighted by Gasteiger charge is 2.34. The minimum absolute atomic E-state index is 0.0345. The van der Waals surface area contributed by atoms with Gasteiger partial charge in [0.05, 0.1) is 6.54 Å². The van der Waals surface area contributed by atoms with Crippen molar-refractivity contribution in [3.8, 4) is 11.4 Å². The van der Waals surface area contributed by atoms with Crippen LogP contribution in [0, 0.1) is 0 Å². The summed E-state index contributed by atoms with van der Waals surface area (Å²) >= 11 is 0. The van der Waals surface area contributed by atoms with Crippen LogP contribution < -0.4 is 10.6 Å². The molecule has 0 aliphatic heterocycles. The number of hydrogen-bond donors (Lipinski definition) is 3. The number of aromatic nitrogens is 2. The summed E-state index contributed by atoms with van der Waals surface area (Å²) in [5.74, 6) is -0.339. The molecule has 1 heterocycles. The standard InChI is InChI=1S/C17H21N5O4/c1-2-22(9-15(23)24)14-7-13(8-14)20-17(25)19-12-5-3-11(4-6-12)16-18-10-26-21-16/h3-6,10,13-14H,2,7-9H2,1H3,(H,23,24)(H2,19,20,25). The molecule has 9 nitrogen and oxygen atoms in total. The third kappa shape index (κ3) is 4.37. The van der Waals surface area contributed by atoms with Crippen molar-refractivity contribution < 1.29 is 19.2 Å². The average Bonchev–Trinajstić information content (AvgIpc) is 3.11. The maximum absolute atomic E-state index is 12.1. The van der Waals surface area contributed by atoms with E-state index in [1.54, 1.807) is 24.3 Å². The molecule has 2 aromatic rings. The van der Waals surface area contributed by atoms with Gasteiger partial charge in [0.15, 0.2) is 0 Å². The maximum Gasteiger partial charge on any atom is 0.319 e. The highest BCUT2D eigenvalue weighted by molar-refractivity contribution is 5.89. The second-order valence-corrected chi connectivity index (χ2v) is 6.21. The Balaban J connectivity index is 1.44. The molecular formula is C17H21N5O4. The van der Waals surface area contributed by atoms with Crippen molar-refractivity contribution in [3.05, 3.63) is 30.7 Å². The lowest BCUT2D eigenvalue weighted by Crippen LogP contribution is -2.55. The van der Waals surface area contributed by atoms with E-state index in [4.69, 9.17) is 9.63 Å². The van der Waals surface area contributed by atoms with Crippen LogP contribution in [0.2, 0.25) is 0 Å². The molecule has 26 heavy (non-hydrogen) atoms. The molecule has 3 N–H and O–H groups in total. The Morgan fingerprint density at radius 1 is 1.31 bits per heavy atom. The van der Waals surface area contributed by atoms with Gasteiger partial charge in [-0.05, 0) is 43.7 Å². The van der Waals surface area contributed by atoms with Gasteiger partial charge >= 0.3 is 12.0 Å². The van der Waals surface area contributed by atoms with Gasteiger partial charge in [-0.25, -0.2) is 4.79 Å². The van der Waals surface area contributed by atoms with E-state index in [0.29, 0.717) is 18.1 Å². The summed E-state index contributed by atoms with van der Waals surface area (Å²) in [6, 6.07) is 7.11. The smallest absolute Gasteiger partial charge is 0.319 e. The number of benzene rings is 1. The Labute approximate surface area is 150 Å². The number of hydrogen-bond acceptors (Lipinski definition) is 6. The predicted octanol–water partition coefficient (Wildman–Crippen LogP) is 1.80. The highest BCUT2D eigenvalue weighted by atomic mass is 16.5. The van der Waals surface area contributed by atoms with Crippen molar-refractivity contribution >= 4 is 17.7 Å². The summed E-state index contributed by atoms with van der Waals surface area (Å²) < 4.78 is 4.70. The number of carbonyl (C=O) groups is 2. The van der Waals surface area contributed by atoms with E-state index in [1.165, 1.54) is 6.39 Å². The fourth-order valence-corrected chi connectivity index (χ4v) is 3.03. The second kappa shape index (κ2) is 7.96. The first-order valence-corrected chi connectivity index (χ1v) is 8.45. The highest BCUT2D eigenvalue weighted by Crippen LogP contribution is 2.25. The van der Waals surface area contributed by atoms with E-state index < -0.39 is 5.97 Å². The third-order valence-electron chi connectivity index (χ3n) is 4.47. The number of carbonyl (C=O) groups excluding carboxylic acids is 1. The Morgan fingerprint density at radius 2 is 2.04 bits per heavy atom. The molecule has 1 fully saturated rings. The van der Waals surface area contributed by atoms with E-state index in [9.17, 15) is 9.59 Å². The monoisotopic (exact) mass is 359 g/mol. The maximum atomic E-state index is 12.1. The summed E-state index contributed by atoms with van der Waals surface area (Å²) in [7, 11) is 0. The van der Waals surface area contributed by atoms with Crippen molar-refractivity contribution in [1.29, 1.82) is 0 Å². The summed E-state index contributed by atoms with van der Waals surface area (Å²) in [4.78, 5) is 28.8. The van der Waals surface area contributed by atoms with Gasteiger partial charge in [0, 0.05) is 23.3 Å². The van der Waals surface area contributed by atoms with Gasteiger partial charge in [-0.2, -0.15) is 4.98 Å². The summed E-state index contributed by atoms with van der Waals surface area (Å²) in [5, 5.41) is 18.3. The number of nitrogens with zero attached hydrogens (tertiary/aromatic N) is 3. The van der Waals surface area contributed by atoms with Crippen LogP contribution in [0.4, 0.5) is 10.5 Å². The molecule has 0 atom stereocenters. The summed E-state index contributed by atoms with van der Waals surface area (Å²) in [5.41, 5.74) is 1.45. The molecule has 1 aliphatic carbocycles. The van der Waals surface area contributed by atoms with E-state index >= 15 is 0 Å². The van der Waals surface area contributed by atoms with Crippen LogP contribution in [0.5, 0.6) is 0 Å². The second-order valence-electron chi connectivity index (χ2n) is 6.21. The largest absolute Gasteiger partial charge is 0.480 e.